The van der Waals surface area contributed by atoms with E-state index >= 15 is 0 Å². The highest BCUT2D eigenvalue weighted by Crippen LogP contribution is 2.24. The first-order chi connectivity index (χ1) is 12.3. The fourth-order valence-electron chi connectivity index (χ4n) is 3.15. The van der Waals surface area contributed by atoms with Gasteiger partial charge in [0.15, 0.2) is 5.96 Å². The maximum absolute atomic E-state index is 13.0. The van der Waals surface area contributed by atoms with Gasteiger partial charge in [0.25, 0.3) is 0 Å². The van der Waals surface area contributed by atoms with E-state index < -0.39 is 0 Å². The lowest BCUT2D eigenvalue weighted by Crippen LogP contribution is -2.42. The van der Waals surface area contributed by atoms with Crippen LogP contribution in [0, 0.1) is 5.82 Å². The highest BCUT2D eigenvalue weighted by molar-refractivity contribution is 14.0. The molecule has 1 unspecified atom stereocenters. The summed E-state index contributed by atoms with van der Waals surface area (Å²) >= 11 is 0. The van der Waals surface area contributed by atoms with Gasteiger partial charge in [-0.1, -0.05) is 12.1 Å². The van der Waals surface area contributed by atoms with E-state index in [0.29, 0.717) is 6.54 Å². The number of nitrogens with one attached hydrogen (secondary N) is 2. The minimum absolute atomic E-state index is 0. The quantitative estimate of drug-likeness (QED) is 0.384. The van der Waals surface area contributed by atoms with Crippen molar-refractivity contribution in [1.29, 1.82) is 0 Å². The van der Waals surface area contributed by atoms with Crippen LogP contribution in [0.15, 0.2) is 52.1 Å². The number of rotatable bonds is 6. The molecule has 1 fully saturated rings. The molecule has 0 aliphatic carbocycles. The third-order valence-corrected chi connectivity index (χ3v) is 4.51. The van der Waals surface area contributed by atoms with Crippen LogP contribution < -0.4 is 10.6 Å². The zero-order valence-electron chi connectivity index (χ0n) is 15.0. The van der Waals surface area contributed by atoms with Gasteiger partial charge in [0, 0.05) is 20.1 Å². The van der Waals surface area contributed by atoms with Gasteiger partial charge in [0.1, 0.15) is 11.6 Å². The number of likely N-dealkylation sites (tertiary alicyclic amines) is 1. The third kappa shape index (κ3) is 5.70. The second-order valence-electron chi connectivity index (χ2n) is 6.21. The molecule has 1 saturated heterocycles. The maximum Gasteiger partial charge on any atom is 0.191 e. The lowest BCUT2D eigenvalue weighted by atomic mass is 10.2. The summed E-state index contributed by atoms with van der Waals surface area (Å²) in [6.45, 7) is 3.50. The van der Waals surface area contributed by atoms with Crippen LogP contribution in [0.4, 0.5) is 4.39 Å². The summed E-state index contributed by atoms with van der Waals surface area (Å²) in [5.74, 6) is 1.47. The summed E-state index contributed by atoms with van der Waals surface area (Å²) in [5.41, 5.74) is 1.01. The molecule has 26 heavy (non-hydrogen) atoms. The Bertz CT molecular complexity index is 669. The van der Waals surface area contributed by atoms with Gasteiger partial charge in [0.2, 0.25) is 0 Å². The molecule has 0 saturated carbocycles. The molecule has 1 aliphatic heterocycles. The fraction of sp³-hybridized carbons (Fsp3) is 0.421. The molecule has 1 atom stereocenters. The number of nitrogens with zero attached hydrogens (tertiary/aromatic N) is 2. The number of aliphatic imine (C=N–C) groups is 1. The van der Waals surface area contributed by atoms with Crippen LogP contribution in [-0.2, 0) is 6.54 Å². The van der Waals surface area contributed by atoms with Crippen molar-refractivity contribution < 1.29 is 8.81 Å². The first-order valence-corrected chi connectivity index (χ1v) is 8.72. The van der Waals surface area contributed by atoms with Crippen molar-refractivity contribution in [2.24, 2.45) is 4.99 Å². The standard InChI is InChI=1S/C19H25FN4O.HI/c1-21-19(22-13-15-6-8-16(20)9-7-15)23-14-17(18-5-4-12-25-18)24-10-2-3-11-24;/h4-9,12,17H,2-3,10-11,13-14H2,1H3,(H2,21,22,23);1H. The van der Waals surface area contributed by atoms with Crippen molar-refractivity contribution in [2.75, 3.05) is 26.7 Å². The lowest BCUT2D eigenvalue weighted by molar-refractivity contribution is 0.215. The number of halogens is 2. The molecule has 5 nitrogen and oxygen atoms in total. The topological polar surface area (TPSA) is 52.8 Å². The Morgan fingerprint density at radius 2 is 1.92 bits per heavy atom. The summed E-state index contributed by atoms with van der Waals surface area (Å²) in [6.07, 6.45) is 4.18. The SMILES string of the molecule is CN=C(NCc1ccc(F)cc1)NCC(c1ccco1)N1CCCC1.I. The van der Waals surface area contributed by atoms with E-state index in [1.807, 2.05) is 12.1 Å². The average molecular weight is 472 g/mol. The monoisotopic (exact) mass is 472 g/mol. The zero-order valence-corrected chi connectivity index (χ0v) is 17.3. The van der Waals surface area contributed by atoms with Crippen LogP contribution in [0.5, 0.6) is 0 Å². The molecule has 2 heterocycles. The van der Waals surface area contributed by atoms with E-state index in [0.717, 1.165) is 36.9 Å². The molecule has 0 radical (unpaired) electrons. The summed E-state index contributed by atoms with van der Waals surface area (Å²) in [4.78, 5) is 6.72. The molecule has 0 spiro atoms. The summed E-state index contributed by atoms with van der Waals surface area (Å²) < 4.78 is 18.6. The van der Waals surface area contributed by atoms with Crippen LogP contribution >= 0.6 is 24.0 Å². The normalized spacial score (nSPS) is 16.2. The Morgan fingerprint density at radius 1 is 1.19 bits per heavy atom. The van der Waals surface area contributed by atoms with Crippen LogP contribution in [0.1, 0.15) is 30.2 Å². The summed E-state index contributed by atoms with van der Waals surface area (Å²) in [7, 11) is 1.75. The molecule has 1 aromatic heterocycles. The summed E-state index contributed by atoms with van der Waals surface area (Å²) in [5, 5.41) is 6.64. The van der Waals surface area contributed by atoms with Crippen molar-refractivity contribution in [3.63, 3.8) is 0 Å². The third-order valence-electron chi connectivity index (χ3n) is 4.51. The molecule has 3 rings (SSSR count). The molecule has 1 aromatic carbocycles. The molecular weight excluding hydrogens is 446 g/mol. The fourth-order valence-corrected chi connectivity index (χ4v) is 3.15. The first-order valence-electron chi connectivity index (χ1n) is 8.72. The van der Waals surface area contributed by atoms with Crippen molar-refractivity contribution >= 4 is 29.9 Å². The number of hydrogen-bond acceptors (Lipinski definition) is 3. The second kappa shape index (κ2) is 10.5. The van der Waals surface area contributed by atoms with E-state index in [9.17, 15) is 4.39 Å². The molecule has 0 amide bonds. The smallest absolute Gasteiger partial charge is 0.191 e. The highest BCUT2D eigenvalue weighted by Gasteiger charge is 2.25. The van der Waals surface area contributed by atoms with E-state index in [1.165, 1.54) is 25.0 Å². The Labute approximate surface area is 171 Å². The van der Waals surface area contributed by atoms with Gasteiger partial charge in [0.05, 0.1) is 12.3 Å². The molecule has 1 aliphatic rings. The van der Waals surface area contributed by atoms with Crippen LogP contribution in [-0.4, -0.2) is 37.5 Å². The number of hydrogen-bond donors (Lipinski definition) is 2. The average Bonchev–Trinajstić information content (AvgIpc) is 3.33. The van der Waals surface area contributed by atoms with Gasteiger partial charge in [-0.15, -0.1) is 24.0 Å². The zero-order chi connectivity index (χ0) is 17.5. The Hall–Kier alpha value is -1.61. The number of furan rings is 1. The minimum Gasteiger partial charge on any atom is -0.468 e. The molecule has 142 valence electrons. The largest absolute Gasteiger partial charge is 0.468 e. The van der Waals surface area contributed by atoms with E-state index in [1.54, 1.807) is 25.4 Å². The molecule has 2 aromatic rings. The number of guanidine groups is 1. The van der Waals surface area contributed by atoms with Gasteiger partial charge in [-0.25, -0.2) is 4.39 Å². The molecule has 0 bridgehead atoms. The van der Waals surface area contributed by atoms with Gasteiger partial charge in [-0.2, -0.15) is 0 Å². The van der Waals surface area contributed by atoms with Gasteiger partial charge >= 0.3 is 0 Å². The Balaban J connectivity index is 0.00000243. The predicted molar refractivity (Wildman–Crippen MR) is 112 cm³/mol. The second-order valence-corrected chi connectivity index (χ2v) is 6.21. The summed E-state index contributed by atoms with van der Waals surface area (Å²) in [6, 6.07) is 10.6. The van der Waals surface area contributed by atoms with Gasteiger partial charge < -0.3 is 15.1 Å². The van der Waals surface area contributed by atoms with Gasteiger partial charge in [-0.3, -0.25) is 9.89 Å². The molecular formula is C19H26FIN4O. The minimum atomic E-state index is -0.224. The van der Waals surface area contributed by atoms with Crippen molar-refractivity contribution in [3.05, 3.63) is 59.8 Å². The highest BCUT2D eigenvalue weighted by atomic mass is 127. The van der Waals surface area contributed by atoms with Crippen LogP contribution in [0.25, 0.3) is 0 Å². The Kier molecular flexibility index (Phi) is 8.37. The maximum atomic E-state index is 13.0. The van der Waals surface area contributed by atoms with Crippen LogP contribution in [0.2, 0.25) is 0 Å². The van der Waals surface area contributed by atoms with E-state index in [4.69, 9.17) is 4.42 Å². The van der Waals surface area contributed by atoms with Gasteiger partial charge in [-0.05, 0) is 55.8 Å². The van der Waals surface area contributed by atoms with Crippen molar-refractivity contribution in [1.82, 2.24) is 15.5 Å². The van der Waals surface area contributed by atoms with Crippen molar-refractivity contribution in [3.8, 4) is 0 Å². The predicted octanol–water partition coefficient (Wildman–Crippen LogP) is 3.54. The van der Waals surface area contributed by atoms with E-state index in [-0.39, 0.29) is 35.8 Å². The lowest BCUT2D eigenvalue weighted by Gasteiger charge is -2.26. The molecule has 7 heteroatoms. The van der Waals surface area contributed by atoms with Crippen molar-refractivity contribution in [2.45, 2.75) is 25.4 Å². The Morgan fingerprint density at radius 3 is 2.54 bits per heavy atom. The van der Waals surface area contributed by atoms with Crippen LogP contribution in [0.3, 0.4) is 0 Å². The molecule has 2 N–H and O–H groups in total. The number of benzene rings is 1. The van der Waals surface area contributed by atoms with E-state index in [2.05, 4.69) is 20.5 Å². The first kappa shape index (κ1) is 20.7.